The van der Waals surface area contributed by atoms with E-state index in [4.69, 9.17) is 5.73 Å². The quantitative estimate of drug-likeness (QED) is 0.666. The van der Waals surface area contributed by atoms with Crippen molar-refractivity contribution in [1.29, 1.82) is 0 Å². The summed E-state index contributed by atoms with van der Waals surface area (Å²) in [5.41, 5.74) is 9.29. The SMILES string of the molecule is Cc1nc(C(=O)N2C[C@@H]3C[C@H](C2)c2cc(-c4cc(N)ncn4)cc(=O)n2C3)c(C)[nH]1. The predicted molar refractivity (Wildman–Crippen MR) is 111 cm³/mol. The summed E-state index contributed by atoms with van der Waals surface area (Å²) >= 11 is 0. The average molecular weight is 405 g/mol. The molecular formula is C21H23N7O2. The number of fused-ring (bicyclic) bond motifs is 4. The molecule has 5 heterocycles. The second-order valence-electron chi connectivity index (χ2n) is 8.25. The van der Waals surface area contributed by atoms with E-state index in [2.05, 4.69) is 19.9 Å². The van der Waals surface area contributed by atoms with E-state index in [1.165, 1.54) is 6.33 Å². The Hall–Kier alpha value is -3.49. The molecular weight excluding hydrogens is 382 g/mol. The second-order valence-corrected chi connectivity index (χ2v) is 8.25. The Bertz CT molecular complexity index is 1210. The molecule has 1 amide bonds. The Morgan fingerprint density at radius 1 is 1.17 bits per heavy atom. The topological polar surface area (TPSA) is 123 Å². The number of nitrogens with zero attached hydrogens (tertiary/aromatic N) is 5. The number of carbonyl (C=O) groups is 1. The zero-order valence-electron chi connectivity index (χ0n) is 16.9. The first-order valence-corrected chi connectivity index (χ1v) is 10.0. The van der Waals surface area contributed by atoms with Crippen LogP contribution in [0.25, 0.3) is 11.3 Å². The molecule has 2 bridgehead atoms. The number of rotatable bonds is 2. The van der Waals surface area contributed by atoms with Gasteiger partial charge in [-0.2, -0.15) is 0 Å². The molecule has 9 nitrogen and oxygen atoms in total. The number of aromatic nitrogens is 5. The van der Waals surface area contributed by atoms with Crippen LogP contribution in [-0.4, -0.2) is 48.4 Å². The minimum absolute atomic E-state index is 0.0482. The smallest absolute Gasteiger partial charge is 0.274 e. The molecule has 9 heteroatoms. The van der Waals surface area contributed by atoms with Crippen LogP contribution >= 0.6 is 0 Å². The second kappa shape index (κ2) is 6.79. The highest BCUT2D eigenvalue weighted by Gasteiger charge is 2.37. The molecule has 3 aromatic rings. The van der Waals surface area contributed by atoms with E-state index >= 15 is 0 Å². The van der Waals surface area contributed by atoms with E-state index in [9.17, 15) is 9.59 Å². The number of amides is 1. The monoisotopic (exact) mass is 405 g/mol. The van der Waals surface area contributed by atoms with Gasteiger partial charge in [0.05, 0.1) is 5.69 Å². The van der Waals surface area contributed by atoms with Crippen molar-refractivity contribution in [2.75, 3.05) is 18.8 Å². The Morgan fingerprint density at radius 2 is 2.00 bits per heavy atom. The molecule has 1 saturated heterocycles. The van der Waals surface area contributed by atoms with Crippen molar-refractivity contribution in [1.82, 2.24) is 29.4 Å². The molecule has 2 aliphatic heterocycles. The Balaban J connectivity index is 1.50. The van der Waals surface area contributed by atoms with Crippen molar-refractivity contribution >= 4 is 11.7 Å². The van der Waals surface area contributed by atoms with Gasteiger partial charge in [-0.1, -0.05) is 0 Å². The molecule has 30 heavy (non-hydrogen) atoms. The van der Waals surface area contributed by atoms with Crippen LogP contribution in [0, 0.1) is 19.8 Å². The van der Waals surface area contributed by atoms with Gasteiger partial charge in [0, 0.05) is 54.6 Å². The highest BCUT2D eigenvalue weighted by atomic mass is 16.2. The number of aromatic amines is 1. The zero-order valence-corrected chi connectivity index (χ0v) is 16.9. The van der Waals surface area contributed by atoms with Crippen molar-refractivity contribution in [3.8, 4) is 11.3 Å². The van der Waals surface area contributed by atoms with Gasteiger partial charge < -0.3 is 20.2 Å². The van der Waals surface area contributed by atoms with E-state index in [0.29, 0.717) is 36.8 Å². The summed E-state index contributed by atoms with van der Waals surface area (Å²) in [7, 11) is 0. The lowest BCUT2D eigenvalue weighted by Crippen LogP contribution is -2.49. The molecule has 0 aliphatic carbocycles. The maximum absolute atomic E-state index is 13.1. The van der Waals surface area contributed by atoms with Crippen LogP contribution in [0.4, 0.5) is 5.82 Å². The Morgan fingerprint density at radius 3 is 2.73 bits per heavy atom. The molecule has 5 rings (SSSR count). The number of imidazole rings is 1. The Labute approximate surface area is 173 Å². The fourth-order valence-electron chi connectivity index (χ4n) is 4.77. The molecule has 0 saturated carbocycles. The fraction of sp³-hybridized carbons (Fsp3) is 0.381. The van der Waals surface area contributed by atoms with Crippen LogP contribution < -0.4 is 11.3 Å². The maximum atomic E-state index is 13.1. The number of anilines is 1. The van der Waals surface area contributed by atoms with Gasteiger partial charge in [-0.25, -0.2) is 15.0 Å². The summed E-state index contributed by atoms with van der Waals surface area (Å²) in [6, 6.07) is 5.27. The number of nitrogen functional groups attached to an aromatic ring is 1. The summed E-state index contributed by atoms with van der Waals surface area (Å²) in [5.74, 6) is 1.38. The van der Waals surface area contributed by atoms with Gasteiger partial charge in [0.15, 0.2) is 0 Å². The minimum Gasteiger partial charge on any atom is -0.384 e. The van der Waals surface area contributed by atoms with Crippen molar-refractivity contribution in [3.05, 3.63) is 57.8 Å². The first-order chi connectivity index (χ1) is 14.4. The molecule has 0 unspecified atom stereocenters. The number of hydrogen-bond donors (Lipinski definition) is 2. The zero-order chi connectivity index (χ0) is 21.0. The van der Waals surface area contributed by atoms with Crippen LogP contribution in [0.5, 0.6) is 0 Å². The number of nitrogens with two attached hydrogens (primary N) is 1. The molecule has 3 N–H and O–H groups in total. The first-order valence-electron chi connectivity index (χ1n) is 10.0. The number of likely N-dealkylation sites (tertiary alicyclic amines) is 1. The molecule has 0 radical (unpaired) electrons. The van der Waals surface area contributed by atoms with Gasteiger partial charge in [-0.05, 0) is 32.3 Å². The summed E-state index contributed by atoms with van der Waals surface area (Å²) in [6.45, 7) is 5.52. The van der Waals surface area contributed by atoms with Gasteiger partial charge >= 0.3 is 0 Å². The minimum atomic E-state index is -0.0536. The fourth-order valence-corrected chi connectivity index (χ4v) is 4.77. The van der Waals surface area contributed by atoms with Gasteiger partial charge in [0.1, 0.15) is 23.7 Å². The lowest BCUT2D eigenvalue weighted by atomic mass is 9.82. The largest absolute Gasteiger partial charge is 0.384 e. The van der Waals surface area contributed by atoms with Crippen LogP contribution in [0.1, 0.15) is 40.0 Å². The molecule has 2 aliphatic rings. The summed E-state index contributed by atoms with van der Waals surface area (Å²) in [6.07, 6.45) is 2.35. The predicted octanol–water partition coefficient (Wildman–Crippen LogP) is 1.49. The van der Waals surface area contributed by atoms with Crippen molar-refractivity contribution in [2.24, 2.45) is 5.92 Å². The highest BCUT2D eigenvalue weighted by molar-refractivity contribution is 5.93. The van der Waals surface area contributed by atoms with E-state index in [-0.39, 0.29) is 23.3 Å². The third-order valence-corrected chi connectivity index (χ3v) is 6.03. The van der Waals surface area contributed by atoms with Crippen LogP contribution in [0.15, 0.2) is 29.3 Å². The van der Waals surface area contributed by atoms with Crippen LogP contribution in [-0.2, 0) is 6.54 Å². The third-order valence-electron chi connectivity index (χ3n) is 6.03. The van der Waals surface area contributed by atoms with E-state index < -0.39 is 0 Å². The number of piperidine rings is 1. The van der Waals surface area contributed by atoms with Gasteiger partial charge in [0.2, 0.25) is 0 Å². The third kappa shape index (κ3) is 3.06. The Kier molecular flexibility index (Phi) is 4.19. The van der Waals surface area contributed by atoms with Crippen LogP contribution in [0.3, 0.4) is 0 Å². The van der Waals surface area contributed by atoms with Gasteiger partial charge in [-0.3, -0.25) is 9.59 Å². The van der Waals surface area contributed by atoms with Gasteiger partial charge in [-0.15, -0.1) is 0 Å². The van der Waals surface area contributed by atoms with Crippen molar-refractivity contribution in [2.45, 2.75) is 32.7 Å². The number of aryl methyl sites for hydroxylation is 2. The lowest BCUT2D eigenvalue weighted by Gasteiger charge is -2.42. The van der Waals surface area contributed by atoms with E-state index in [0.717, 1.165) is 29.2 Å². The highest BCUT2D eigenvalue weighted by Crippen LogP contribution is 2.37. The number of hydrogen-bond acceptors (Lipinski definition) is 6. The van der Waals surface area contributed by atoms with Crippen molar-refractivity contribution < 1.29 is 4.79 Å². The van der Waals surface area contributed by atoms with Crippen molar-refractivity contribution in [3.63, 3.8) is 0 Å². The van der Waals surface area contributed by atoms with E-state index in [1.54, 1.807) is 12.1 Å². The summed E-state index contributed by atoms with van der Waals surface area (Å²) in [4.78, 5) is 43.5. The standard InChI is InChI=1S/C21H23N7O2/c1-11-20(26-12(2)25-11)21(30)27-7-13-3-15(9-27)17-4-14(5-19(29)28(17)8-13)16-6-18(22)24-10-23-16/h4-6,10,13,15H,3,7-9H2,1-2H3,(H,25,26)(H2,22,23,24)/t13-,15+/m0/s1. The summed E-state index contributed by atoms with van der Waals surface area (Å²) < 4.78 is 1.85. The first kappa shape index (κ1) is 18.5. The summed E-state index contributed by atoms with van der Waals surface area (Å²) in [5, 5.41) is 0. The lowest BCUT2D eigenvalue weighted by molar-refractivity contribution is 0.0588. The van der Waals surface area contributed by atoms with Crippen LogP contribution in [0.2, 0.25) is 0 Å². The van der Waals surface area contributed by atoms with E-state index in [1.807, 2.05) is 29.4 Å². The normalized spacial score (nSPS) is 20.1. The number of H-pyrrole nitrogens is 1. The molecule has 1 fully saturated rings. The number of nitrogens with one attached hydrogen (secondary N) is 1. The molecule has 3 aromatic heterocycles. The molecule has 0 aromatic carbocycles. The maximum Gasteiger partial charge on any atom is 0.274 e. The molecule has 0 spiro atoms. The molecule has 154 valence electrons. The number of pyridine rings is 1. The average Bonchev–Trinajstić information content (AvgIpc) is 3.06. The van der Waals surface area contributed by atoms with Gasteiger partial charge in [0.25, 0.3) is 11.5 Å². The molecule has 2 atom stereocenters. The number of carbonyl (C=O) groups excluding carboxylic acids is 1.